The van der Waals surface area contributed by atoms with Crippen molar-refractivity contribution in [3.63, 3.8) is 0 Å². The molecule has 1 aromatic carbocycles. The molecule has 1 aliphatic carbocycles. The zero-order chi connectivity index (χ0) is 21.9. The number of amides is 1. The summed E-state index contributed by atoms with van der Waals surface area (Å²) in [5.41, 5.74) is 4.55. The molecule has 1 amide bonds. The second kappa shape index (κ2) is 9.41. The summed E-state index contributed by atoms with van der Waals surface area (Å²) in [6.07, 6.45) is 11.3. The Morgan fingerprint density at radius 3 is 2.56 bits per heavy atom. The summed E-state index contributed by atoms with van der Waals surface area (Å²) in [5, 5.41) is 0. The highest BCUT2D eigenvalue weighted by Crippen LogP contribution is 2.26. The van der Waals surface area contributed by atoms with Crippen LogP contribution in [0.25, 0.3) is 6.08 Å². The number of hydrogen-bond acceptors (Lipinski definition) is 5. The maximum absolute atomic E-state index is 12.8. The molecule has 1 saturated heterocycles. The van der Waals surface area contributed by atoms with Gasteiger partial charge >= 0.3 is 0 Å². The molecule has 5 rings (SSSR count). The van der Waals surface area contributed by atoms with Crippen LogP contribution in [0.15, 0.2) is 36.5 Å². The minimum Gasteiger partial charge on any atom is -0.338 e. The van der Waals surface area contributed by atoms with E-state index in [0.29, 0.717) is 13.1 Å². The first-order chi connectivity index (χ1) is 15.7. The Hall–Kier alpha value is -2.73. The van der Waals surface area contributed by atoms with Crippen LogP contribution in [0.1, 0.15) is 41.6 Å². The van der Waals surface area contributed by atoms with Crippen molar-refractivity contribution < 1.29 is 4.79 Å². The normalized spacial score (nSPS) is 20.2. The standard InChI is InChI=1S/C26H33N5O/c1-20-5-2-3-6-21(20)9-10-25(32)30-13-11-22-19-27-26(28-24(22)12-14-30)31-17-15-29(16-18-31)23-7-4-8-23/h2-3,5-6,9-10,19,23H,4,7-8,11-18H2,1H3/b10-9+. The van der Waals surface area contributed by atoms with Gasteiger partial charge in [0.25, 0.3) is 0 Å². The number of nitrogens with zero attached hydrogens (tertiary/aromatic N) is 5. The van der Waals surface area contributed by atoms with Crippen molar-refractivity contribution in [3.05, 3.63) is 58.9 Å². The van der Waals surface area contributed by atoms with E-state index in [1.165, 1.54) is 30.4 Å². The van der Waals surface area contributed by atoms with Gasteiger partial charge < -0.3 is 9.80 Å². The molecule has 1 aromatic heterocycles. The molecule has 0 radical (unpaired) electrons. The van der Waals surface area contributed by atoms with Crippen molar-refractivity contribution in [1.82, 2.24) is 19.8 Å². The van der Waals surface area contributed by atoms with E-state index in [-0.39, 0.29) is 5.91 Å². The fourth-order valence-electron chi connectivity index (χ4n) is 4.92. The molecule has 3 heterocycles. The first kappa shape index (κ1) is 21.1. The Balaban J connectivity index is 1.20. The van der Waals surface area contributed by atoms with E-state index in [9.17, 15) is 4.79 Å². The zero-order valence-electron chi connectivity index (χ0n) is 19.0. The van der Waals surface area contributed by atoms with E-state index >= 15 is 0 Å². The second-order valence-electron chi connectivity index (χ2n) is 9.26. The zero-order valence-corrected chi connectivity index (χ0v) is 19.0. The minimum absolute atomic E-state index is 0.0707. The number of anilines is 1. The van der Waals surface area contributed by atoms with Crippen molar-refractivity contribution in [2.45, 2.75) is 45.1 Å². The van der Waals surface area contributed by atoms with E-state index < -0.39 is 0 Å². The van der Waals surface area contributed by atoms with Crippen LogP contribution < -0.4 is 4.90 Å². The van der Waals surface area contributed by atoms with Gasteiger partial charge in [-0.2, -0.15) is 0 Å². The summed E-state index contributed by atoms with van der Waals surface area (Å²) in [6.45, 7) is 7.72. The lowest BCUT2D eigenvalue weighted by Crippen LogP contribution is -2.52. The van der Waals surface area contributed by atoms with Gasteiger partial charge in [-0.3, -0.25) is 9.69 Å². The topological polar surface area (TPSA) is 52.6 Å². The summed E-state index contributed by atoms with van der Waals surface area (Å²) < 4.78 is 0. The number of fused-ring (bicyclic) bond motifs is 1. The summed E-state index contributed by atoms with van der Waals surface area (Å²) >= 11 is 0. The fraction of sp³-hybridized carbons (Fsp3) is 0.500. The molecule has 0 atom stereocenters. The Morgan fingerprint density at radius 1 is 1.03 bits per heavy atom. The van der Waals surface area contributed by atoms with E-state index in [0.717, 1.165) is 62.3 Å². The quantitative estimate of drug-likeness (QED) is 0.697. The number of aromatic nitrogens is 2. The van der Waals surface area contributed by atoms with Crippen LogP contribution >= 0.6 is 0 Å². The second-order valence-corrected chi connectivity index (χ2v) is 9.26. The van der Waals surface area contributed by atoms with Crippen molar-refractivity contribution in [1.29, 1.82) is 0 Å². The molecule has 168 valence electrons. The van der Waals surface area contributed by atoms with Gasteiger partial charge in [0.2, 0.25) is 11.9 Å². The first-order valence-corrected chi connectivity index (χ1v) is 12.0. The molecule has 2 fully saturated rings. The molecule has 2 aromatic rings. The lowest BCUT2D eigenvalue weighted by Gasteiger charge is -2.43. The largest absolute Gasteiger partial charge is 0.338 e. The lowest BCUT2D eigenvalue weighted by molar-refractivity contribution is -0.125. The van der Waals surface area contributed by atoms with E-state index in [1.54, 1.807) is 6.08 Å². The van der Waals surface area contributed by atoms with Gasteiger partial charge in [0.05, 0.1) is 5.69 Å². The number of carbonyl (C=O) groups excluding carboxylic acids is 1. The maximum atomic E-state index is 12.8. The number of hydrogen-bond donors (Lipinski definition) is 0. The summed E-state index contributed by atoms with van der Waals surface area (Å²) in [5.74, 6) is 0.928. The predicted molar refractivity (Wildman–Crippen MR) is 128 cm³/mol. The van der Waals surface area contributed by atoms with Gasteiger partial charge in [0.15, 0.2) is 0 Å². The first-order valence-electron chi connectivity index (χ1n) is 12.0. The van der Waals surface area contributed by atoms with Crippen LogP contribution in [-0.2, 0) is 17.6 Å². The number of benzene rings is 1. The van der Waals surface area contributed by atoms with Crippen molar-refractivity contribution in [2.24, 2.45) is 0 Å². The molecule has 0 spiro atoms. The van der Waals surface area contributed by atoms with Crippen molar-refractivity contribution in [2.75, 3.05) is 44.2 Å². The molecule has 0 bridgehead atoms. The average molecular weight is 432 g/mol. The van der Waals surface area contributed by atoms with E-state index in [2.05, 4.69) is 22.8 Å². The number of aryl methyl sites for hydroxylation is 1. The highest BCUT2D eigenvalue weighted by molar-refractivity contribution is 5.92. The minimum atomic E-state index is 0.0707. The molecular weight excluding hydrogens is 398 g/mol. The van der Waals surface area contributed by atoms with Crippen LogP contribution in [0.2, 0.25) is 0 Å². The molecule has 2 aliphatic heterocycles. The van der Waals surface area contributed by atoms with Gasteiger partial charge in [-0.1, -0.05) is 30.7 Å². The SMILES string of the molecule is Cc1ccccc1/C=C/C(=O)N1CCc2cnc(N3CCN(C4CCC4)CC3)nc2CC1. The summed E-state index contributed by atoms with van der Waals surface area (Å²) in [7, 11) is 0. The van der Waals surface area contributed by atoms with Crippen LogP contribution in [0.3, 0.4) is 0 Å². The number of carbonyl (C=O) groups is 1. The third-order valence-electron chi connectivity index (χ3n) is 7.30. The third-order valence-corrected chi connectivity index (χ3v) is 7.30. The average Bonchev–Trinajstić information content (AvgIpc) is 3.00. The highest BCUT2D eigenvalue weighted by Gasteiger charge is 2.29. The Kier molecular flexibility index (Phi) is 6.21. The van der Waals surface area contributed by atoms with Crippen LogP contribution in [0, 0.1) is 6.92 Å². The smallest absolute Gasteiger partial charge is 0.246 e. The number of piperazine rings is 1. The van der Waals surface area contributed by atoms with Crippen molar-refractivity contribution in [3.8, 4) is 0 Å². The molecule has 0 unspecified atom stereocenters. The lowest BCUT2D eigenvalue weighted by atomic mass is 9.91. The molecule has 3 aliphatic rings. The molecular formula is C26H33N5O. The molecule has 6 nitrogen and oxygen atoms in total. The van der Waals surface area contributed by atoms with Crippen LogP contribution in [0.4, 0.5) is 5.95 Å². The van der Waals surface area contributed by atoms with E-state index in [4.69, 9.17) is 9.97 Å². The molecule has 6 heteroatoms. The molecule has 0 N–H and O–H groups in total. The Bertz CT molecular complexity index is 991. The van der Waals surface area contributed by atoms with Gasteiger partial charge in [-0.25, -0.2) is 9.97 Å². The summed E-state index contributed by atoms with van der Waals surface area (Å²) in [4.78, 5) is 29.3. The van der Waals surface area contributed by atoms with Crippen LogP contribution in [-0.4, -0.2) is 71.0 Å². The predicted octanol–water partition coefficient (Wildman–Crippen LogP) is 3.10. The molecule has 32 heavy (non-hydrogen) atoms. The maximum Gasteiger partial charge on any atom is 0.246 e. The van der Waals surface area contributed by atoms with Gasteiger partial charge in [0.1, 0.15) is 0 Å². The molecule has 1 saturated carbocycles. The van der Waals surface area contributed by atoms with Crippen molar-refractivity contribution >= 4 is 17.9 Å². The monoisotopic (exact) mass is 431 g/mol. The van der Waals surface area contributed by atoms with Gasteiger partial charge in [-0.15, -0.1) is 0 Å². The fourth-order valence-corrected chi connectivity index (χ4v) is 4.92. The van der Waals surface area contributed by atoms with E-state index in [1.807, 2.05) is 35.4 Å². The number of rotatable bonds is 4. The Labute approximate surface area is 191 Å². The van der Waals surface area contributed by atoms with Gasteiger partial charge in [-0.05, 0) is 49.0 Å². The third kappa shape index (κ3) is 4.56. The van der Waals surface area contributed by atoms with Crippen LogP contribution in [0.5, 0.6) is 0 Å². The summed E-state index contributed by atoms with van der Waals surface area (Å²) in [6, 6.07) is 8.94. The Morgan fingerprint density at radius 2 is 1.81 bits per heavy atom. The highest BCUT2D eigenvalue weighted by atomic mass is 16.2. The van der Waals surface area contributed by atoms with Gasteiger partial charge in [0, 0.05) is 64.0 Å².